The van der Waals surface area contributed by atoms with Crippen LogP contribution in [0.5, 0.6) is 11.5 Å². The average Bonchev–Trinajstić information content (AvgIpc) is 3.01. The van der Waals surface area contributed by atoms with Crippen LogP contribution in [0.3, 0.4) is 0 Å². The fourth-order valence-corrected chi connectivity index (χ4v) is 5.30. The highest BCUT2D eigenvalue weighted by Crippen LogP contribution is 2.39. The lowest BCUT2D eigenvalue weighted by molar-refractivity contribution is -0.137. The second kappa shape index (κ2) is 13.0. The number of amides is 1. The van der Waals surface area contributed by atoms with E-state index < -0.39 is 17.6 Å². The van der Waals surface area contributed by atoms with E-state index >= 15 is 0 Å². The number of anilines is 6. The Labute approximate surface area is 254 Å². The van der Waals surface area contributed by atoms with Gasteiger partial charge in [-0.15, -0.1) is 0 Å². The van der Waals surface area contributed by atoms with Gasteiger partial charge in [0.05, 0.1) is 25.6 Å². The van der Waals surface area contributed by atoms with Crippen LogP contribution in [0.2, 0.25) is 0 Å². The summed E-state index contributed by atoms with van der Waals surface area (Å²) in [5.41, 5.74) is 1.64. The minimum Gasteiger partial charge on any atom is -0.494 e. The van der Waals surface area contributed by atoms with Crippen molar-refractivity contribution in [2.75, 3.05) is 94.1 Å². The van der Waals surface area contributed by atoms with Crippen molar-refractivity contribution in [2.24, 2.45) is 0 Å². The molecule has 2 N–H and O–H groups in total. The Morgan fingerprint density at radius 3 is 1.84 bits per heavy atom. The van der Waals surface area contributed by atoms with Gasteiger partial charge in [-0.3, -0.25) is 4.79 Å². The molecule has 3 heterocycles. The summed E-state index contributed by atoms with van der Waals surface area (Å²) in [5.74, 6) is 0.447. The minimum absolute atomic E-state index is 0.0466. The summed E-state index contributed by atoms with van der Waals surface area (Å²) in [7, 11) is 5.06. The molecule has 14 heteroatoms. The maximum Gasteiger partial charge on any atom is 0.421 e. The van der Waals surface area contributed by atoms with Gasteiger partial charge >= 0.3 is 6.18 Å². The zero-order chi connectivity index (χ0) is 31.4. The summed E-state index contributed by atoms with van der Waals surface area (Å²) in [5, 5.41) is 5.82. The third kappa shape index (κ3) is 7.01. The molecular weight excluding hydrogens is 577 g/mol. The van der Waals surface area contributed by atoms with Gasteiger partial charge in [-0.1, -0.05) is 0 Å². The number of nitrogens with zero attached hydrogens (tertiary/aromatic N) is 6. The summed E-state index contributed by atoms with van der Waals surface area (Å²) >= 11 is 0. The zero-order valence-corrected chi connectivity index (χ0v) is 25.2. The quantitative estimate of drug-likeness (QED) is 0.380. The maximum atomic E-state index is 14.0. The molecule has 0 radical (unpaired) electrons. The van der Waals surface area contributed by atoms with Crippen molar-refractivity contribution in [3.8, 4) is 11.5 Å². The molecule has 0 bridgehead atoms. The van der Waals surface area contributed by atoms with Crippen molar-refractivity contribution in [3.05, 3.63) is 48.2 Å². The van der Waals surface area contributed by atoms with Gasteiger partial charge in [-0.25, -0.2) is 4.98 Å². The number of piperazine rings is 2. The van der Waals surface area contributed by atoms with Crippen LogP contribution in [-0.4, -0.2) is 99.3 Å². The van der Waals surface area contributed by atoms with E-state index in [2.05, 4.69) is 42.3 Å². The largest absolute Gasteiger partial charge is 0.494 e. The van der Waals surface area contributed by atoms with E-state index in [1.807, 2.05) is 24.3 Å². The standard InChI is InChI=1S/C30H37F3N8O3/c1-20(42)39-13-15-41(16-14-39)22-6-8-25(27(18-22)44-4)36-29-34-19-23(30(31,32)33)28(37-29)35-24-7-5-21(17-26(24)43-3)40-11-9-38(2)10-12-40/h5-8,17-19H,9-16H2,1-4H3,(H2,34,35,36,37). The Bertz CT molecular complexity index is 1470. The van der Waals surface area contributed by atoms with E-state index in [9.17, 15) is 18.0 Å². The SMILES string of the molecule is COc1cc(N2CCN(C(C)=O)CC2)ccc1Nc1ncc(C(F)(F)F)c(Nc2ccc(N3CCN(C)CC3)cc2OC)n1. The van der Waals surface area contributed by atoms with Crippen LogP contribution in [0.4, 0.5) is 47.7 Å². The van der Waals surface area contributed by atoms with Crippen LogP contribution >= 0.6 is 0 Å². The number of hydrogen-bond acceptors (Lipinski definition) is 10. The van der Waals surface area contributed by atoms with Gasteiger partial charge in [0.2, 0.25) is 11.9 Å². The highest BCUT2D eigenvalue weighted by molar-refractivity contribution is 5.74. The summed E-state index contributed by atoms with van der Waals surface area (Å²) < 4.78 is 53.2. The molecule has 1 amide bonds. The van der Waals surface area contributed by atoms with E-state index in [0.717, 1.165) is 43.8 Å². The topological polar surface area (TPSA) is 98.3 Å². The Kier molecular flexibility index (Phi) is 9.18. The number of nitrogens with one attached hydrogen (secondary N) is 2. The number of halogens is 3. The summed E-state index contributed by atoms with van der Waals surface area (Å²) in [6.45, 7) is 7.66. The van der Waals surface area contributed by atoms with E-state index in [4.69, 9.17) is 9.47 Å². The van der Waals surface area contributed by atoms with Gasteiger partial charge in [0, 0.05) is 89.0 Å². The maximum absolute atomic E-state index is 14.0. The predicted octanol–water partition coefficient (Wildman–Crippen LogP) is 4.42. The number of likely N-dealkylation sites (N-methyl/N-ethyl adjacent to an activating group) is 1. The van der Waals surface area contributed by atoms with Crippen LogP contribution < -0.4 is 29.9 Å². The number of alkyl halides is 3. The van der Waals surface area contributed by atoms with Crippen LogP contribution in [0, 0.1) is 0 Å². The molecular formula is C30H37F3N8O3. The highest BCUT2D eigenvalue weighted by atomic mass is 19.4. The Balaban J connectivity index is 1.37. The van der Waals surface area contributed by atoms with Crippen LogP contribution in [0.25, 0.3) is 0 Å². The van der Waals surface area contributed by atoms with Crippen molar-refractivity contribution < 1.29 is 27.4 Å². The fourth-order valence-electron chi connectivity index (χ4n) is 5.30. The van der Waals surface area contributed by atoms with E-state index in [0.29, 0.717) is 49.1 Å². The summed E-state index contributed by atoms with van der Waals surface area (Å²) in [6.07, 6.45) is -3.95. The molecule has 2 fully saturated rings. The summed E-state index contributed by atoms with van der Waals surface area (Å²) in [4.78, 5) is 28.2. The van der Waals surface area contributed by atoms with Crippen LogP contribution in [0.1, 0.15) is 12.5 Å². The minimum atomic E-state index is -4.69. The second-order valence-electron chi connectivity index (χ2n) is 10.8. The lowest BCUT2D eigenvalue weighted by Crippen LogP contribution is -2.48. The highest BCUT2D eigenvalue weighted by Gasteiger charge is 2.36. The molecule has 5 rings (SSSR count). The van der Waals surface area contributed by atoms with Crippen molar-refractivity contribution in [3.63, 3.8) is 0 Å². The second-order valence-corrected chi connectivity index (χ2v) is 10.8. The van der Waals surface area contributed by atoms with Crippen LogP contribution in [0.15, 0.2) is 42.6 Å². The molecule has 2 aliphatic heterocycles. The lowest BCUT2D eigenvalue weighted by Gasteiger charge is -2.35. The number of carbonyl (C=O) groups is 1. The van der Waals surface area contributed by atoms with Gasteiger partial charge in [0.25, 0.3) is 0 Å². The van der Waals surface area contributed by atoms with Gasteiger partial charge < -0.3 is 39.7 Å². The van der Waals surface area contributed by atoms with Crippen molar-refractivity contribution in [1.29, 1.82) is 0 Å². The molecule has 0 saturated carbocycles. The number of rotatable bonds is 8. The Morgan fingerprint density at radius 2 is 1.34 bits per heavy atom. The number of methoxy groups -OCH3 is 2. The Hall–Kier alpha value is -4.46. The molecule has 2 aromatic carbocycles. The molecule has 0 unspecified atom stereocenters. The molecule has 0 atom stereocenters. The van der Waals surface area contributed by atoms with Crippen molar-refractivity contribution in [2.45, 2.75) is 13.1 Å². The first kappa shape index (κ1) is 31.0. The fraction of sp³-hybridized carbons (Fsp3) is 0.433. The van der Waals surface area contributed by atoms with Gasteiger partial charge in [0.1, 0.15) is 22.9 Å². The number of aromatic nitrogens is 2. The molecule has 3 aromatic rings. The zero-order valence-electron chi connectivity index (χ0n) is 25.2. The molecule has 2 aliphatic rings. The number of carbonyl (C=O) groups excluding carboxylic acids is 1. The third-order valence-corrected chi connectivity index (χ3v) is 7.92. The normalized spacial score (nSPS) is 16.1. The Morgan fingerprint density at radius 1 is 0.818 bits per heavy atom. The first-order valence-electron chi connectivity index (χ1n) is 14.3. The van der Waals surface area contributed by atoms with Gasteiger partial charge in [-0.05, 0) is 31.3 Å². The molecule has 236 valence electrons. The molecule has 1 aromatic heterocycles. The first-order valence-corrected chi connectivity index (χ1v) is 14.3. The molecule has 44 heavy (non-hydrogen) atoms. The van der Waals surface area contributed by atoms with Gasteiger partial charge in [-0.2, -0.15) is 18.2 Å². The lowest BCUT2D eigenvalue weighted by atomic mass is 10.2. The molecule has 2 saturated heterocycles. The van der Waals surface area contributed by atoms with Crippen molar-refractivity contribution in [1.82, 2.24) is 19.8 Å². The summed E-state index contributed by atoms with van der Waals surface area (Å²) in [6, 6.07) is 10.8. The monoisotopic (exact) mass is 614 g/mol. The molecule has 0 spiro atoms. The molecule has 11 nitrogen and oxygen atoms in total. The van der Waals surface area contributed by atoms with E-state index in [1.54, 1.807) is 24.0 Å². The third-order valence-electron chi connectivity index (χ3n) is 7.92. The number of hydrogen-bond donors (Lipinski definition) is 2. The molecule has 0 aliphatic carbocycles. The van der Waals surface area contributed by atoms with Crippen LogP contribution in [-0.2, 0) is 11.0 Å². The predicted molar refractivity (Wildman–Crippen MR) is 164 cm³/mol. The number of ether oxygens (including phenoxy) is 2. The van der Waals surface area contributed by atoms with E-state index in [1.165, 1.54) is 14.2 Å². The van der Waals surface area contributed by atoms with Gasteiger partial charge in [0.15, 0.2) is 0 Å². The smallest absolute Gasteiger partial charge is 0.421 e. The first-order chi connectivity index (χ1) is 21.0. The number of benzene rings is 2. The van der Waals surface area contributed by atoms with E-state index in [-0.39, 0.29) is 11.9 Å². The average molecular weight is 615 g/mol. The van der Waals surface area contributed by atoms with Crippen molar-refractivity contribution >= 4 is 40.4 Å².